The Balaban J connectivity index is 0.00000274. The number of fused-ring (bicyclic) bond motifs is 1. The van der Waals surface area contributed by atoms with E-state index < -0.39 is 0 Å². The Bertz CT molecular complexity index is 1210. The number of nitrogens with one attached hydrogen (secondary N) is 1. The van der Waals surface area contributed by atoms with Crippen LogP contribution in [0, 0.1) is 25.2 Å². The summed E-state index contributed by atoms with van der Waals surface area (Å²) in [5, 5.41) is 9.02. The first-order chi connectivity index (χ1) is 16.0. The molecular formula is C28H32N4O. The number of rotatable bonds is 3. The minimum Gasteiger partial charge on any atom is -0.342 e. The minimum absolute atomic E-state index is 0. The van der Waals surface area contributed by atoms with Crippen LogP contribution in [0.5, 0.6) is 0 Å². The molecule has 0 bridgehead atoms. The molecule has 5 heteroatoms. The molecule has 1 amide bonds. The fourth-order valence-corrected chi connectivity index (χ4v) is 5.33. The van der Waals surface area contributed by atoms with Crippen LogP contribution >= 0.6 is 0 Å². The van der Waals surface area contributed by atoms with E-state index in [2.05, 4.69) is 36.2 Å². The summed E-state index contributed by atoms with van der Waals surface area (Å²) in [6, 6.07) is 14.2. The van der Waals surface area contributed by atoms with E-state index in [1.165, 1.54) is 29.8 Å². The molecule has 0 atom stereocenters. The first-order valence-electron chi connectivity index (χ1n) is 12.0. The highest BCUT2D eigenvalue weighted by Crippen LogP contribution is 2.31. The molecule has 1 N–H and O–H groups in total. The predicted molar refractivity (Wildman–Crippen MR) is 131 cm³/mol. The highest BCUT2D eigenvalue weighted by atomic mass is 16.2. The van der Waals surface area contributed by atoms with Crippen molar-refractivity contribution < 1.29 is 6.22 Å². The van der Waals surface area contributed by atoms with Crippen molar-refractivity contribution in [2.24, 2.45) is 0 Å². The van der Waals surface area contributed by atoms with Crippen LogP contribution in [-0.4, -0.2) is 33.9 Å². The van der Waals surface area contributed by atoms with Crippen LogP contribution in [-0.2, 0) is 12.8 Å². The van der Waals surface area contributed by atoms with Crippen LogP contribution in [0.2, 0.25) is 0 Å². The van der Waals surface area contributed by atoms with Crippen LogP contribution < -0.4 is 0 Å². The van der Waals surface area contributed by atoms with Gasteiger partial charge in [0.25, 0.3) is 5.91 Å². The van der Waals surface area contributed by atoms with Gasteiger partial charge in [0.05, 0.1) is 17.3 Å². The lowest BCUT2D eigenvalue weighted by atomic mass is 9.88. The number of carbonyl (C=O) groups is 1. The Morgan fingerprint density at radius 2 is 1.82 bits per heavy atom. The van der Waals surface area contributed by atoms with Gasteiger partial charge in [-0.3, -0.25) is 4.79 Å². The third-order valence-corrected chi connectivity index (χ3v) is 7.31. The summed E-state index contributed by atoms with van der Waals surface area (Å²) in [5.41, 5.74) is 8.38. The summed E-state index contributed by atoms with van der Waals surface area (Å²) in [5.74, 6) is 1.45. The molecule has 2 aromatic carbocycles. The van der Waals surface area contributed by atoms with Crippen molar-refractivity contribution in [3.8, 4) is 17.5 Å². The highest BCUT2D eigenvalue weighted by molar-refractivity contribution is 5.97. The van der Waals surface area contributed by atoms with E-state index in [9.17, 15) is 4.79 Å². The monoisotopic (exact) mass is 440 g/mol. The number of imidazole rings is 1. The summed E-state index contributed by atoms with van der Waals surface area (Å²) in [6.07, 6.45) is 6.40. The third kappa shape index (κ3) is 4.18. The number of aromatic nitrogens is 2. The molecule has 1 aromatic heterocycles. The number of hydrogen-bond acceptors (Lipinski definition) is 3. The number of benzene rings is 2. The molecule has 170 valence electrons. The summed E-state index contributed by atoms with van der Waals surface area (Å²) in [4.78, 5) is 23.9. The average molecular weight is 441 g/mol. The van der Waals surface area contributed by atoms with Crippen molar-refractivity contribution in [3.63, 3.8) is 0 Å². The SMILES string of the molecule is Cc1cc(C)c(-c2nc3c([nH]2)CCCC3)cc1C(=O)N1CCC(c2ccc(C#N)cc2)CC1.[HH]. The van der Waals surface area contributed by atoms with Crippen molar-refractivity contribution >= 4 is 5.91 Å². The lowest BCUT2D eigenvalue weighted by Crippen LogP contribution is -2.38. The Hall–Kier alpha value is -3.39. The van der Waals surface area contributed by atoms with Crippen LogP contribution in [0.1, 0.15) is 77.0 Å². The first kappa shape index (κ1) is 21.5. The van der Waals surface area contributed by atoms with Gasteiger partial charge < -0.3 is 9.88 Å². The predicted octanol–water partition coefficient (Wildman–Crippen LogP) is 5.71. The van der Waals surface area contributed by atoms with Crippen molar-refractivity contribution in [2.45, 2.75) is 58.3 Å². The van der Waals surface area contributed by atoms with E-state index in [1.807, 2.05) is 30.0 Å². The number of hydrogen-bond donors (Lipinski definition) is 1. The van der Waals surface area contributed by atoms with E-state index >= 15 is 0 Å². The van der Waals surface area contributed by atoms with Crippen molar-refractivity contribution in [2.75, 3.05) is 13.1 Å². The summed E-state index contributed by atoms with van der Waals surface area (Å²) in [6.45, 7) is 5.63. The molecule has 1 aliphatic heterocycles. The number of aryl methyl sites for hydroxylation is 4. The number of H-pyrrole nitrogens is 1. The Labute approximate surface area is 197 Å². The van der Waals surface area contributed by atoms with Gasteiger partial charge in [-0.2, -0.15) is 5.26 Å². The molecule has 0 spiro atoms. The number of amides is 1. The number of nitrogens with zero attached hydrogens (tertiary/aromatic N) is 3. The first-order valence-corrected chi connectivity index (χ1v) is 12.0. The van der Waals surface area contributed by atoms with Gasteiger partial charge in [-0.25, -0.2) is 4.98 Å². The molecule has 5 nitrogen and oxygen atoms in total. The molecule has 0 saturated carbocycles. The van der Waals surface area contributed by atoms with Gasteiger partial charge in [0, 0.05) is 31.3 Å². The van der Waals surface area contributed by atoms with Gasteiger partial charge >= 0.3 is 0 Å². The van der Waals surface area contributed by atoms with Crippen molar-refractivity contribution in [3.05, 3.63) is 75.6 Å². The molecule has 0 unspecified atom stereocenters. The van der Waals surface area contributed by atoms with Gasteiger partial charge in [-0.05, 0) is 93.2 Å². The maximum Gasteiger partial charge on any atom is 0.254 e. The fraction of sp³-hybridized carbons (Fsp3) is 0.393. The Kier molecular flexibility index (Phi) is 5.76. The Morgan fingerprint density at radius 3 is 2.52 bits per heavy atom. The van der Waals surface area contributed by atoms with Crippen LogP contribution in [0.25, 0.3) is 11.4 Å². The zero-order valence-corrected chi connectivity index (χ0v) is 19.4. The molecule has 33 heavy (non-hydrogen) atoms. The second kappa shape index (κ2) is 8.86. The van der Waals surface area contributed by atoms with E-state index in [1.54, 1.807) is 0 Å². The van der Waals surface area contributed by atoms with Gasteiger partial charge in [-0.15, -0.1) is 0 Å². The number of carbonyl (C=O) groups excluding carboxylic acids is 1. The number of piperidine rings is 1. The number of likely N-dealkylation sites (tertiary alicyclic amines) is 1. The topological polar surface area (TPSA) is 72.8 Å². The highest BCUT2D eigenvalue weighted by Gasteiger charge is 2.26. The second-order valence-corrected chi connectivity index (χ2v) is 9.50. The third-order valence-electron chi connectivity index (χ3n) is 7.31. The van der Waals surface area contributed by atoms with Crippen LogP contribution in [0.3, 0.4) is 0 Å². The van der Waals surface area contributed by atoms with E-state index in [-0.39, 0.29) is 7.33 Å². The molecule has 3 aromatic rings. The van der Waals surface area contributed by atoms with E-state index in [0.717, 1.165) is 66.9 Å². The zero-order chi connectivity index (χ0) is 22.9. The Morgan fingerprint density at radius 1 is 1.09 bits per heavy atom. The lowest BCUT2D eigenvalue weighted by molar-refractivity contribution is 0.0712. The number of aromatic amines is 1. The molecular weight excluding hydrogens is 408 g/mol. The quantitative estimate of drug-likeness (QED) is 0.567. The van der Waals surface area contributed by atoms with Gasteiger partial charge in [0.1, 0.15) is 5.82 Å². The van der Waals surface area contributed by atoms with Gasteiger partial charge in [0.2, 0.25) is 0 Å². The van der Waals surface area contributed by atoms with Crippen LogP contribution in [0.15, 0.2) is 36.4 Å². The fourth-order valence-electron chi connectivity index (χ4n) is 5.33. The molecule has 1 saturated heterocycles. The average Bonchev–Trinajstić information content (AvgIpc) is 3.28. The standard InChI is InChI=1S/C28H30N4O.H2/c1-18-15-19(2)24(16-23(18)27-30-25-5-3-4-6-26(25)31-27)28(33)32-13-11-22(12-14-32)21-9-7-20(17-29)8-10-21;/h7-10,15-16,22H,3-6,11-14H2,1-2H3,(H,30,31);1H. The molecule has 2 heterocycles. The van der Waals surface area contributed by atoms with Gasteiger partial charge in [0.15, 0.2) is 0 Å². The smallest absolute Gasteiger partial charge is 0.254 e. The molecule has 5 rings (SSSR count). The molecule has 0 radical (unpaired) electrons. The number of nitriles is 1. The lowest BCUT2D eigenvalue weighted by Gasteiger charge is -2.32. The normalized spacial score (nSPS) is 16.3. The molecule has 1 fully saturated rings. The maximum atomic E-state index is 13.5. The van der Waals surface area contributed by atoms with E-state index in [4.69, 9.17) is 10.2 Å². The molecule has 2 aliphatic rings. The minimum atomic E-state index is 0. The summed E-state index contributed by atoms with van der Waals surface area (Å²) >= 11 is 0. The van der Waals surface area contributed by atoms with Crippen LogP contribution in [0.4, 0.5) is 0 Å². The van der Waals surface area contributed by atoms with Gasteiger partial charge in [-0.1, -0.05) is 18.2 Å². The largest absolute Gasteiger partial charge is 0.342 e. The van der Waals surface area contributed by atoms with Crippen molar-refractivity contribution in [1.82, 2.24) is 14.9 Å². The molecule has 1 aliphatic carbocycles. The second-order valence-electron chi connectivity index (χ2n) is 9.50. The van der Waals surface area contributed by atoms with E-state index in [0.29, 0.717) is 11.5 Å². The van der Waals surface area contributed by atoms with Crippen molar-refractivity contribution in [1.29, 1.82) is 5.26 Å². The summed E-state index contributed by atoms with van der Waals surface area (Å²) in [7, 11) is 0. The maximum absolute atomic E-state index is 13.5. The zero-order valence-electron chi connectivity index (χ0n) is 19.4. The summed E-state index contributed by atoms with van der Waals surface area (Å²) < 4.78 is 0.